The molecule has 0 spiro atoms. The van der Waals surface area contributed by atoms with Crippen LogP contribution in [0.1, 0.15) is 28.9 Å². The van der Waals surface area contributed by atoms with Gasteiger partial charge in [-0.2, -0.15) is 5.26 Å². The Labute approximate surface area is 174 Å². The first-order chi connectivity index (χ1) is 14.1. The molecule has 4 rings (SSSR count). The number of hydrogen-bond acceptors (Lipinski definition) is 4. The van der Waals surface area contributed by atoms with Crippen LogP contribution in [0.4, 0.5) is 0 Å². The molecule has 0 radical (unpaired) electrons. The summed E-state index contributed by atoms with van der Waals surface area (Å²) < 4.78 is 8.82. The molecule has 29 heavy (non-hydrogen) atoms. The van der Waals surface area contributed by atoms with Gasteiger partial charge in [-0.15, -0.1) is 11.3 Å². The number of ether oxygens (including phenoxy) is 1. The van der Waals surface area contributed by atoms with Crippen LogP contribution in [-0.2, 0) is 0 Å². The van der Waals surface area contributed by atoms with Crippen molar-refractivity contribution in [1.82, 2.24) is 9.55 Å². The van der Waals surface area contributed by atoms with E-state index in [2.05, 4.69) is 47.7 Å². The number of allylic oxidation sites excluding steroid dienone is 1. The molecule has 0 bridgehead atoms. The minimum absolute atomic E-state index is 0.582. The first-order valence-electron chi connectivity index (χ1n) is 9.50. The molecular weight excluding hydrogens is 378 g/mol. The standard InChI is InChI=1S/C24H21N3OS/c1-4-28-21-11-9-20(10-12-21)27-16(2)13-18(17(27)3)14-19(15-25)24-26-22-7-5-6-8-23(22)29-24/h5-14H,4H2,1-3H3. The second-order valence-electron chi connectivity index (χ2n) is 6.75. The third-order valence-corrected chi connectivity index (χ3v) is 5.89. The van der Waals surface area contributed by atoms with Gasteiger partial charge in [0, 0.05) is 17.1 Å². The summed E-state index contributed by atoms with van der Waals surface area (Å²) in [6, 6.07) is 20.5. The first-order valence-corrected chi connectivity index (χ1v) is 10.3. The lowest BCUT2D eigenvalue weighted by Gasteiger charge is -2.11. The second-order valence-corrected chi connectivity index (χ2v) is 7.78. The van der Waals surface area contributed by atoms with Crippen LogP contribution in [0.25, 0.3) is 27.6 Å². The summed E-state index contributed by atoms with van der Waals surface area (Å²) in [7, 11) is 0. The van der Waals surface area contributed by atoms with Gasteiger partial charge in [0.15, 0.2) is 0 Å². The van der Waals surface area contributed by atoms with Gasteiger partial charge in [-0.05, 0) is 74.9 Å². The van der Waals surface area contributed by atoms with Crippen LogP contribution in [0, 0.1) is 25.2 Å². The molecule has 0 aliphatic rings. The van der Waals surface area contributed by atoms with E-state index in [0.717, 1.165) is 43.6 Å². The van der Waals surface area contributed by atoms with Crippen molar-refractivity contribution in [3.63, 3.8) is 0 Å². The fourth-order valence-electron chi connectivity index (χ4n) is 3.47. The Morgan fingerprint density at radius 2 is 1.93 bits per heavy atom. The normalized spacial score (nSPS) is 11.6. The highest BCUT2D eigenvalue weighted by molar-refractivity contribution is 7.19. The van der Waals surface area contributed by atoms with Crippen LogP contribution in [-0.4, -0.2) is 16.2 Å². The highest BCUT2D eigenvalue weighted by Gasteiger charge is 2.13. The van der Waals surface area contributed by atoms with Crippen LogP contribution >= 0.6 is 11.3 Å². The van der Waals surface area contributed by atoms with Crippen LogP contribution in [0.15, 0.2) is 54.6 Å². The molecule has 0 amide bonds. The fourth-order valence-corrected chi connectivity index (χ4v) is 4.41. The molecule has 4 nitrogen and oxygen atoms in total. The molecule has 5 heteroatoms. The SMILES string of the molecule is CCOc1ccc(-n2c(C)cc(C=C(C#N)c3nc4ccccc4s3)c2C)cc1. The third kappa shape index (κ3) is 3.67. The van der Waals surface area contributed by atoms with E-state index in [1.54, 1.807) is 11.3 Å². The van der Waals surface area contributed by atoms with E-state index in [4.69, 9.17) is 4.74 Å². The number of fused-ring (bicyclic) bond motifs is 1. The zero-order valence-electron chi connectivity index (χ0n) is 16.6. The van der Waals surface area contributed by atoms with Gasteiger partial charge in [-0.1, -0.05) is 12.1 Å². The van der Waals surface area contributed by atoms with Crippen molar-refractivity contribution in [3.8, 4) is 17.5 Å². The second kappa shape index (κ2) is 7.94. The minimum atomic E-state index is 0.582. The number of aryl methyl sites for hydroxylation is 1. The summed E-state index contributed by atoms with van der Waals surface area (Å²) in [5, 5.41) is 10.5. The Morgan fingerprint density at radius 3 is 2.62 bits per heavy atom. The lowest BCUT2D eigenvalue weighted by Crippen LogP contribution is -1.99. The van der Waals surface area contributed by atoms with Gasteiger partial charge in [0.1, 0.15) is 16.8 Å². The number of aromatic nitrogens is 2. The van der Waals surface area contributed by atoms with E-state index in [-0.39, 0.29) is 0 Å². The molecule has 0 unspecified atom stereocenters. The lowest BCUT2D eigenvalue weighted by atomic mass is 10.1. The smallest absolute Gasteiger partial charge is 0.135 e. The molecule has 144 valence electrons. The number of rotatable bonds is 5. The quantitative estimate of drug-likeness (QED) is 0.377. The van der Waals surface area contributed by atoms with Crippen LogP contribution < -0.4 is 4.74 Å². The fraction of sp³-hybridized carbons (Fsp3) is 0.167. The molecule has 0 saturated heterocycles. The van der Waals surface area contributed by atoms with Gasteiger partial charge in [-0.3, -0.25) is 0 Å². The highest BCUT2D eigenvalue weighted by atomic mass is 32.1. The predicted molar refractivity (Wildman–Crippen MR) is 120 cm³/mol. The summed E-state index contributed by atoms with van der Waals surface area (Å²) >= 11 is 1.55. The van der Waals surface area contributed by atoms with Gasteiger partial charge in [0.25, 0.3) is 0 Å². The van der Waals surface area contributed by atoms with E-state index < -0.39 is 0 Å². The largest absolute Gasteiger partial charge is 0.494 e. The molecule has 0 saturated carbocycles. The maximum atomic E-state index is 9.76. The number of benzene rings is 2. The number of thiazole rings is 1. The molecule has 0 fully saturated rings. The summed E-state index contributed by atoms with van der Waals surface area (Å²) in [5.41, 5.74) is 5.79. The maximum absolute atomic E-state index is 9.76. The van der Waals surface area contributed by atoms with Crippen molar-refractivity contribution in [3.05, 3.63) is 76.6 Å². The number of nitriles is 1. The van der Waals surface area contributed by atoms with E-state index in [1.165, 1.54) is 0 Å². The molecule has 2 aromatic carbocycles. The molecule has 0 atom stereocenters. The Morgan fingerprint density at radius 1 is 1.17 bits per heavy atom. The summed E-state index contributed by atoms with van der Waals surface area (Å²) in [6.45, 7) is 6.77. The van der Waals surface area contributed by atoms with E-state index in [9.17, 15) is 5.26 Å². The zero-order valence-corrected chi connectivity index (χ0v) is 17.5. The summed E-state index contributed by atoms with van der Waals surface area (Å²) in [4.78, 5) is 4.63. The van der Waals surface area contributed by atoms with Crippen LogP contribution in [0.2, 0.25) is 0 Å². The van der Waals surface area contributed by atoms with Crippen molar-refractivity contribution < 1.29 is 4.74 Å². The summed E-state index contributed by atoms with van der Waals surface area (Å²) in [6.07, 6.45) is 1.94. The summed E-state index contributed by atoms with van der Waals surface area (Å²) in [5.74, 6) is 0.862. The molecule has 0 N–H and O–H groups in total. The van der Waals surface area contributed by atoms with Gasteiger partial charge in [-0.25, -0.2) is 4.98 Å². The van der Waals surface area contributed by atoms with Gasteiger partial charge in [0.2, 0.25) is 0 Å². The van der Waals surface area contributed by atoms with Gasteiger partial charge >= 0.3 is 0 Å². The van der Waals surface area contributed by atoms with Crippen molar-refractivity contribution in [2.45, 2.75) is 20.8 Å². The monoisotopic (exact) mass is 399 g/mol. The van der Waals surface area contributed by atoms with E-state index >= 15 is 0 Å². The van der Waals surface area contributed by atoms with Crippen molar-refractivity contribution in [2.24, 2.45) is 0 Å². The Kier molecular flexibility index (Phi) is 5.20. The topological polar surface area (TPSA) is 50.8 Å². The zero-order chi connectivity index (χ0) is 20.4. The van der Waals surface area contributed by atoms with Crippen molar-refractivity contribution >= 4 is 33.2 Å². The average molecular weight is 400 g/mol. The molecule has 2 heterocycles. The van der Waals surface area contributed by atoms with Crippen LogP contribution in [0.5, 0.6) is 5.75 Å². The van der Waals surface area contributed by atoms with E-state index in [0.29, 0.717) is 12.2 Å². The van der Waals surface area contributed by atoms with Crippen LogP contribution in [0.3, 0.4) is 0 Å². The van der Waals surface area contributed by atoms with Crippen molar-refractivity contribution in [1.29, 1.82) is 5.26 Å². The molecular formula is C24H21N3OS. The first kappa shape index (κ1) is 19.0. The number of nitrogens with zero attached hydrogens (tertiary/aromatic N) is 3. The molecule has 2 aromatic heterocycles. The number of hydrogen-bond donors (Lipinski definition) is 0. The Bertz CT molecular complexity index is 1210. The highest BCUT2D eigenvalue weighted by Crippen LogP contribution is 2.30. The van der Waals surface area contributed by atoms with Crippen molar-refractivity contribution in [2.75, 3.05) is 6.61 Å². The van der Waals surface area contributed by atoms with Gasteiger partial charge in [0.05, 0.1) is 22.4 Å². The maximum Gasteiger partial charge on any atom is 0.135 e. The molecule has 0 aliphatic carbocycles. The molecule has 4 aromatic rings. The predicted octanol–water partition coefficient (Wildman–Crippen LogP) is 6.17. The van der Waals surface area contributed by atoms with Gasteiger partial charge < -0.3 is 9.30 Å². The number of para-hydroxylation sites is 1. The lowest BCUT2D eigenvalue weighted by molar-refractivity contribution is 0.340. The Balaban J connectivity index is 1.73. The Hall–Kier alpha value is -3.36. The third-order valence-electron chi connectivity index (χ3n) is 4.82. The average Bonchev–Trinajstić information content (AvgIpc) is 3.27. The minimum Gasteiger partial charge on any atom is -0.494 e. The molecule has 0 aliphatic heterocycles. The van der Waals surface area contributed by atoms with E-state index in [1.807, 2.05) is 49.4 Å².